The summed E-state index contributed by atoms with van der Waals surface area (Å²) >= 11 is 0. The Morgan fingerprint density at radius 3 is 2.50 bits per heavy atom. The Hall–Kier alpha value is -1.66. The van der Waals surface area contributed by atoms with E-state index >= 15 is 0 Å². The monoisotopic (exact) mass is 321 g/mol. The molecule has 0 unspecified atom stereocenters. The Labute approximate surface area is 132 Å². The first-order valence-electron chi connectivity index (χ1n) is 7.52. The summed E-state index contributed by atoms with van der Waals surface area (Å²) < 4.78 is 27.9. The van der Waals surface area contributed by atoms with E-state index < -0.39 is 10.0 Å². The van der Waals surface area contributed by atoms with Crippen molar-refractivity contribution in [3.8, 4) is 5.69 Å². The molecule has 0 spiro atoms. The highest BCUT2D eigenvalue weighted by molar-refractivity contribution is 7.89. The van der Waals surface area contributed by atoms with E-state index in [4.69, 9.17) is 0 Å². The molecule has 0 radical (unpaired) electrons. The molecule has 0 bridgehead atoms. The third-order valence-corrected chi connectivity index (χ3v) is 5.20. The predicted octanol–water partition coefficient (Wildman–Crippen LogP) is 2.36. The molecule has 5 nitrogen and oxygen atoms in total. The van der Waals surface area contributed by atoms with Gasteiger partial charge in [-0.25, -0.2) is 17.8 Å². The minimum Gasteiger partial charge on any atom is -0.238 e. The maximum Gasteiger partial charge on any atom is 0.211 e. The SMILES string of the molecule is CCCS(=O)(=O)NCCc1c(C)nn(-c2ccccc2)c1C. The van der Waals surface area contributed by atoms with E-state index in [1.807, 2.05) is 55.8 Å². The summed E-state index contributed by atoms with van der Waals surface area (Å²) in [6.45, 7) is 6.24. The molecular formula is C16H23N3O2S. The first kappa shape index (κ1) is 16.7. The molecule has 120 valence electrons. The maximum absolute atomic E-state index is 11.7. The van der Waals surface area contributed by atoms with E-state index in [0.29, 0.717) is 19.4 Å². The van der Waals surface area contributed by atoms with E-state index in [9.17, 15) is 8.42 Å². The number of benzene rings is 1. The summed E-state index contributed by atoms with van der Waals surface area (Å²) in [5.74, 6) is 0.175. The largest absolute Gasteiger partial charge is 0.238 e. The number of hydrogen-bond donors (Lipinski definition) is 1. The molecule has 0 atom stereocenters. The Bertz CT molecular complexity index is 721. The Kier molecular flexibility index (Phi) is 5.37. The zero-order chi connectivity index (χ0) is 16.2. The summed E-state index contributed by atoms with van der Waals surface area (Å²) in [5, 5.41) is 4.57. The van der Waals surface area contributed by atoms with Gasteiger partial charge in [-0.05, 0) is 44.4 Å². The summed E-state index contributed by atoms with van der Waals surface area (Å²) in [4.78, 5) is 0. The molecule has 0 aliphatic rings. The van der Waals surface area contributed by atoms with Crippen LogP contribution in [0.5, 0.6) is 0 Å². The van der Waals surface area contributed by atoms with Crippen molar-refractivity contribution in [3.63, 3.8) is 0 Å². The quantitative estimate of drug-likeness (QED) is 0.851. The summed E-state index contributed by atoms with van der Waals surface area (Å²) in [7, 11) is -3.15. The van der Waals surface area contributed by atoms with Crippen LogP contribution in [0.2, 0.25) is 0 Å². The van der Waals surface area contributed by atoms with Crippen LogP contribution in [0.4, 0.5) is 0 Å². The van der Waals surface area contributed by atoms with Crippen LogP contribution in [0.25, 0.3) is 5.69 Å². The smallest absolute Gasteiger partial charge is 0.211 e. The minimum absolute atomic E-state index is 0.175. The zero-order valence-electron chi connectivity index (χ0n) is 13.3. The molecule has 0 saturated carbocycles. The van der Waals surface area contributed by atoms with Crippen molar-refractivity contribution in [2.45, 2.75) is 33.6 Å². The lowest BCUT2D eigenvalue weighted by Gasteiger charge is -2.07. The number of rotatable bonds is 7. The normalized spacial score (nSPS) is 11.8. The lowest BCUT2D eigenvalue weighted by Crippen LogP contribution is -2.28. The number of aromatic nitrogens is 2. The van der Waals surface area contributed by atoms with Crippen molar-refractivity contribution in [1.82, 2.24) is 14.5 Å². The van der Waals surface area contributed by atoms with Gasteiger partial charge in [0.15, 0.2) is 0 Å². The van der Waals surface area contributed by atoms with Crippen molar-refractivity contribution in [3.05, 3.63) is 47.3 Å². The summed E-state index contributed by atoms with van der Waals surface area (Å²) in [6.07, 6.45) is 1.27. The highest BCUT2D eigenvalue weighted by Gasteiger charge is 2.14. The van der Waals surface area contributed by atoms with Gasteiger partial charge in [-0.1, -0.05) is 25.1 Å². The lowest BCUT2D eigenvalue weighted by atomic mass is 10.1. The first-order valence-corrected chi connectivity index (χ1v) is 9.17. The van der Waals surface area contributed by atoms with Crippen molar-refractivity contribution in [1.29, 1.82) is 0 Å². The average molecular weight is 321 g/mol. The Balaban J connectivity index is 2.12. The van der Waals surface area contributed by atoms with Gasteiger partial charge in [0, 0.05) is 12.2 Å². The Morgan fingerprint density at radius 2 is 1.86 bits per heavy atom. The molecule has 0 fully saturated rings. The second-order valence-corrected chi connectivity index (χ2v) is 7.29. The fourth-order valence-electron chi connectivity index (χ4n) is 2.53. The van der Waals surface area contributed by atoms with Gasteiger partial charge in [-0.3, -0.25) is 0 Å². The van der Waals surface area contributed by atoms with E-state index in [1.54, 1.807) is 0 Å². The van der Waals surface area contributed by atoms with E-state index in [0.717, 1.165) is 22.6 Å². The summed E-state index contributed by atoms with van der Waals surface area (Å²) in [5.41, 5.74) is 4.11. The first-order chi connectivity index (χ1) is 10.4. The number of sulfonamides is 1. The van der Waals surface area contributed by atoms with Gasteiger partial charge in [0.25, 0.3) is 0 Å². The fourth-order valence-corrected chi connectivity index (χ4v) is 3.62. The standard InChI is InChI=1S/C16H23N3O2S/c1-4-12-22(20,21)17-11-10-16-13(2)18-19(14(16)3)15-8-6-5-7-9-15/h5-9,17H,4,10-12H2,1-3H3. The molecule has 1 aromatic heterocycles. The van der Waals surface area contributed by atoms with Crippen LogP contribution in [0.3, 0.4) is 0 Å². The number of nitrogens with one attached hydrogen (secondary N) is 1. The van der Waals surface area contributed by atoms with Crippen molar-refractivity contribution >= 4 is 10.0 Å². The summed E-state index contributed by atoms with van der Waals surface area (Å²) in [6, 6.07) is 9.94. The van der Waals surface area contributed by atoms with E-state index in [1.165, 1.54) is 0 Å². The highest BCUT2D eigenvalue weighted by atomic mass is 32.2. The van der Waals surface area contributed by atoms with Crippen molar-refractivity contribution in [2.75, 3.05) is 12.3 Å². The predicted molar refractivity (Wildman–Crippen MR) is 88.8 cm³/mol. The molecule has 1 N–H and O–H groups in total. The number of para-hydroxylation sites is 1. The van der Waals surface area contributed by atoms with Crippen molar-refractivity contribution in [2.24, 2.45) is 0 Å². The van der Waals surface area contributed by atoms with Gasteiger partial charge >= 0.3 is 0 Å². The molecule has 1 heterocycles. The minimum atomic E-state index is -3.15. The van der Waals surface area contributed by atoms with Crippen LogP contribution in [0.1, 0.15) is 30.3 Å². The van der Waals surface area contributed by atoms with Crippen LogP contribution < -0.4 is 4.72 Å². The molecule has 2 rings (SSSR count). The molecule has 0 saturated heterocycles. The molecule has 1 aromatic carbocycles. The Morgan fingerprint density at radius 1 is 1.18 bits per heavy atom. The van der Waals surface area contributed by atoms with Crippen LogP contribution in [-0.2, 0) is 16.4 Å². The van der Waals surface area contributed by atoms with Gasteiger partial charge in [0.05, 0.1) is 17.1 Å². The van der Waals surface area contributed by atoms with Gasteiger partial charge in [0.1, 0.15) is 0 Å². The van der Waals surface area contributed by atoms with Crippen LogP contribution in [-0.4, -0.2) is 30.5 Å². The molecule has 0 aliphatic carbocycles. The fraction of sp³-hybridized carbons (Fsp3) is 0.438. The van der Waals surface area contributed by atoms with E-state index in [2.05, 4.69) is 9.82 Å². The topological polar surface area (TPSA) is 64.0 Å². The van der Waals surface area contributed by atoms with Crippen molar-refractivity contribution < 1.29 is 8.42 Å². The number of nitrogens with zero attached hydrogens (tertiary/aromatic N) is 2. The van der Waals surface area contributed by atoms with Gasteiger partial charge in [-0.2, -0.15) is 5.10 Å². The zero-order valence-corrected chi connectivity index (χ0v) is 14.2. The number of aryl methyl sites for hydroxylation is 1. The molecule has 6 heteroatoms. The average Bonchev–Trinajstić information content (AvgIpc) is 2.76. The van der Waals surface area contributed by atoms with E-state index in [-0.39, 0.29) is 5.75 Å². The third-order valence-electron chi connectivity index (χ3n) is 3.61. The van der Waals surface area contributed by atoms with Gasteiger partial charge in [-0.15, -0.1) is 0 Å². The van der Waals surface area contributed by atoms with Crippen LogP contribution in [0, 0.1) is 13.8 Å². The van der Waals surface area contributed by atoms with Gasteiger partial charge in [0.2, 0.25) is 10.0 Å². The molecule has 22 heavy (non-hydrogen) atoms. The number of hydrogen-bond acceptors (Lipinski definition) is 3. The molecule has 0 aliphatic heterocycles. The maximum atomic E-state index is 11.7. The lowest BCUT2D eigenvalue weighted by molar-refractivity contribution is 0.580. The molecular weight excluding hydrogens is 298 g/mol. The van der Waals surface area contributed by atoms with Crippen LogP contribution in [0.15, 0.2) is 30.3 Å². The molecule has 2 aromatic rings. The van der Waals surface area contributed by atoms with Gasteiger partial charge < -0.3 is 0 Å². The highest BCUT2D eigenvalue weighted by Crippen LogP contribution is 2.18. The van der Waals surface area contributed by atoms with Crippen LogP contribution >= 0.6 is 0 Å². The second-order valence-electron chi connectivity index (χ2n) is 5.36. The third kappa shape index (κ3) is 3.96. The second kappa shape index (κ2) is 7.07. The molecule has 0 amide bonds.